The molecule has 0 spiro atoms. The molecule has 0 amide bonds. The van der Waals surface area contributed by atoms with Crippen molar-refractivity contribution in [3.8, 4) is 0 Å². The fourth-order valence-corrected chi connectivity index (χ4v) is 3.34. The van der Waals surface area contributed by atoms with Gasteiger partial charge in [-0.15, -0.1) is 10.2 Å². The first-order chi connectivity index (χ1) is 9.81. The quantitative estimate of drug-likeness (QED) is 0.807. The predicted octanol–water partition coefficient (Wildman–Crippen LogP) is 0.939. The molecule has 0 atom stereocenters. The van der Waals surface area contributed by atoms with Gasteiger partial charge in [0, 0.05) is 19.6 Å². The molecule has 1 aromatic heterocycles. The van der Waals surface area contributed by atoms with Crippen LogP contribution < -0.4 is 5.14 Å². The third-order valence-electron chi connectivity index (χ3n) is 3.66. The van der Waals surface area contributed by atoms with Crippen molar-refractivity contribution in [1.82, 2.24) is 14.8 Å². The fraction of sp³-hybridized carbons (Fsp3) is 0.846. The van der Waals surface area contributed by atoms with Gasteiger partial charge in [-0.2, -0.15) is 0 Å². The lowest BCUT2D eigenvalue weighted by molar-refractivity contribution is -0.0248. The third kappa shape index (κ3) is 4.02. The smallest absolute Gasteiger partial charge is 0.273 e. The summed E-state index contributed by atoms with van der Waals surface area (Å²) >= 11 is 0. The van der Waals surface area contributed by atoms with Crippen molar-refractivity contribution in [2.45, 2.75) is 57.8 Å². The minimum Gasteiger partial charge on any atom is -0.378 e. The molecule has 1 saturated carbocycles. The average molecular weight is 316 g/mol. The second kappa shape index (κ2) is 6.41. The summed E-state index contributed by atoms with van der Waals surface area (Å²) in [6, 6.07) is 0. The Morgan fingerprint density at radius 2 is 2.05 bits per heavy atom. The van der Waals surface area contributed by atoms with E-state index in [1.165, 1.54) is 0 Å². The van der Waals surface area contributed by atoms with E-state index in [2.05, 4.69) is 10.2 Å². The summed E-state index contributed by atoms with van der Waals surface area (Å²) in [5, 5.41) is 12.9. The van der Waals surface area contributed by atoms with Crippen molar-refractivity contribution in [1.29, 1.82) is 0 Å². The van der Waals surface area contributed by atoms with Gasteiger partial charge in [-0.25, -0.2) is 13.6 Å². The number of primary sulfonamides is 1. The molecule has 0 bridgehead atoms. The largest absolute Gasteiger partial charge is 0.378 e. The number of hydrogen-bond acceptors (Lipinski definition) is 5. The van der Waals surface area contributed by atoms with Gasteiger partial charge in [0.25, 0.3) is 15.2 Å². The molecule has 1 aliphatic carbocycles. The second-order valence-corrected chi connectivity index (χ2v) is 7.52. The van der Waals surface area contributed by atoms with Gasteiger partial charge in [0.15, 0.2) is 0 Å². The Balaban J connectivity index is 2.11. The highest BCUT2D eigenvalue weighted by Gasteiger charge is 2.32. The predicted molar refractivity (Wildman–Crippen MR) is 78.1 cm³/mol. The number of nitrogens with two attached hydrogens (primary N) is 1. The Morgan fingerprint density at radius 1 is 1.38 bits per heavy atom. The maximum Gasteiger partial charge on any atom is 0.273 e. The zero-order valence-corrected chi connectivity index (χ0v) is 13.6. The Hall–Kier alpha value is -0.990. The van der Waals surface area contributed by atoms with Crippen molar-refractivity contribution in [3.63, 3.8) is 0 Å². The molecule has 120 valence electrons. The van der Waals surface area contributed by atoms with E-state index in [0.717, 1.165) is 25.9 Å². The van der Waals surface area contributed by atoms with Gasteiger partial charge in [-0.05, 0) is 31.6 Å². The summed E-state index contributed by atoms with van der Waals surface area (Å²) in [5.41, 5.74) is 0. The van der Waals surface area contributed by atoms with Crippen LogP contribution in [0.4, 0.5) is 0 Å². The van der Waals surface area contributed by atoms with Crippen molar-refractivity contribution in [2.24, 2.45) is 17.0 Å². The van der Waals surface area contributed by atoms with Gasteiger partial charge in [0.05, 0.1) is 6.10 Å². The molecule has 8 heteroatoms. The maximum atomic E-state index is 11.6. The number of hydrogen-bond donors (Lipinski definition) is 1. The zero-order chi connectivity index (χ0) is 15.6. The van der Waals surface area contributed by atoms with E-state index in [-0.39, 0.29) is 11.1 Å². The molecule has 21 heavy (non-hydrogen) atoms. The maximum absolute atomic E-state index is 11.6. The topological polar surface area (TPSA) is 100 Å². The first kappa shape index (κ1) is 16.4. The molecular formula is C13H24N4O3S. The molecule has 0 unspecified atom stereocenters. The number of aromatic nitrogens is 3. The van der Waals surface area contributed by atoms with Gasteiger partial charge in [-0.3, -0.25) is 0 Å². The molecule has 7 nitrogen and oxygen atoms in total. The minimum atomic E-state index is -3.84. The van der Waals surface area contributed by atoms with E-state index in [9.17, 15) is 8.42 Å². The monoisotopic (exact) mass is 316 g/mol. The normalized spacial score (nSPS) is 22.5. The van der Waals surface area contributed by atoms with Gasteiger partial charge >= 0.3 is 0 Å². The molecule has 2 N–H and O–H groups in total. The van der Waals surface area contributed by atoms with E-state index in [0.29, 0.717) is 24.4 Å². The molecular weight excluding hydrogens is 292 g/mol. The lowest BCUT2D eigenvalue weighted by Gasteiger charge is -2.34. The van der Waals surface area contributed by atoms with Crippen LogP contribution in [0, 0.1) is 11.8 Å². The van der Waals surface area contributed by atoms with Crippen LogP contribution in [0.1, 0.15) is 39.4 Å². The number of ether oxygens (including phenoxy) is 1. The molecule has 0 aliphatic heterocycles. The number of nitrogens with zero attached hydrogens (tertiary/aromatic N) is 3. The lowest BCUT2D eigenvalue weighted by atomic mass is 9.80. The third-order valence-corrected chi connectivity index (χ3v) is 4.47. The Bertz CT molecular complexity index is 576. The van der Waals surface area contributed by atoms with E-state index in [1.54, 1.807) is 4.57 Å². The summed E-state index contributed by atoms with van der Waals surface area (Å²) in [5.74, 6) is 1.47. The first-order valence-electron chi connectivity index (χ1n) is 7.37. The van der Waals surface area contributed by atoms with Crippen molar-refractivity contribution < 1.29 is 13.2 Å². The Labute approximate surface area is 125 Å². The van der Waals surface area contributed by atoms with Crippen LogP contribution in [0.5, 0.6) is 0 Å². The summed E-state index contributed by atoms with van der Waals surface area (Å²) in [7, 11) is -3.84. The van der Waals surface area contributed by atoms with E-state index in [1.807, 2.05) is 20.8 Å². The van der Waals surface area contributed by atoms with Crippen molar-refractivity contribution >= 4 is 10.0 Å². The van der Waals surface area contributed by atoms with Crippen LogP contribution in [-0.4, -0.2) is 35.9 Å². The summed E-state index contributed by atoms with van der Waals surface area (Å²) in [4.78, 5) is 0. The highest BCUT2D eigenvalue weighted by atomic mass is 32.2. The summed E-state index contributed by atoms with van der Waals surface area (Å²) < 4.78 is 30.4. The molecule has 0 radical (unpaired) electrons. The molecule has 1 fully saturated rings. The molecule has 1 heterocycles. The highest BCUT2D eigenvalue weighted by molar-refractivity contribution is 7.89. The number of rotatable bonds is 7. The van der Waals surface area contributed by atoms with Gasteiger partial charge in [0.2, 0.25) is 0 Å². The van der Waals surface area contributed by atoms with Crippen molar-refractivity contribution in [3.05, 3.63) is 5.82 Å². The van der Waals surface area contributed by atoms with Gasteiger partial charge < -0.3 is 9.30 Å². The van der Waals surface area contributed by atoms with E-state index in [4.69, 9.17) is 9.88 Å². The lowest BCUT2D eigenvalue weighted by Crippen LogP contribution is -2.33. The van der Waals surface area contributed by atoms with Crippen LogP contribution in [-0.2, 0) is 27.7 Å². The molecule has 0 aromatic carbocycles. The van der Waals surface area contributed by atoms with E-state index < -0.39 is 10.0 Å². The van der Waals surface area contributed by atoms with Crippen molar-refractivity contribution in [2.75, 3.05) is 6.61 Å². The Kier molecular flexibility index (Phi) is 5.00. The molecule has 1 aromatic rings. The standard InChI is InChI=1S/C13H24N4O3S/c1-4-20-11-5-10(6-11)7-12-15-16-13(21(14,18)19)17(12)8-9(2)3/h9-11H,4-8H2,1-3H3,(H2,14,18,19). The van der Waals surface area contributed by atoms with Crippen LogP contribution >= 0.6 is 0 Å². The fourth-order valence-electron chi connectivity index (χ4n) is 2.70. The highest BCUT2D eigenvalue weighted by Crippen LogP contribution is 2.32. The molecule has 2 rings (SSSR count). The average Bonchev–Trinajstić information content (AvgIpc) is 2.68. The van der Waals surface area contributed by atoms with Crippen LogP contribution in [0.2, 0.25) is 0 Å². The summed E-state index contributed by atoms with van der Waals surface area (Å²) in [6.45, 7) is 7.31. The molecule has 0 saturated heterocycles. The zero-order valence-electron chi connectivity index (χ0n) is 12.8. The van der Waals surface area contributed by atoms with Gasteiger partial charge in [0.1, 0.15) is 5.82 Å². The second-order valence-electron chi connectivity index (χ2n) is 6.07. The SMILES string of the molecule is CCOC1CC(Cc2nnc(S(N)(=O)=O)n2CC(C)C)C1. The summed E-state index contributed by atoms with van der Waals surface area (Å²) in [6.07, 6.45) is 3.04. The first-order valence-corrected chi connectivity index (χ1v) is 8.92. The van der Waals surface area contributed by atoms with Crippen LogP contribution in [0.25, 0.3) is 0 Å². The molecule has 1 aliphatic rings. The Morgan fingerprint density at radius 3 is 2.57 bits per heavy atom. The van der Waals surface area contributed by atoms with Crippen LogP contribution in [0.15, 0.2) is 5.16 Å². The minimum absolute atomic E-state index is 0.133. The number of sulfonamides is 1. The van der Waals surface area contributed by atoms with Gasteiger partial charge in [-0.1, -0.05) is 13.8 Å². The van der Waals surface area contributed by atoms with Crippen LogP contribution in [0.3, 0.4) is 0 Å². The van der Waals surface area contributed by atoms with E-state index >= 15 is 0 Å².